The average Bonchev–Trinajstić information content (AvgIpc) is 3.28. The summed E-state index contributed by atoms with van der Waals surface area (Å²) in [5.74, 6) is 0.989. The molecule has 1 aromatic heterocycles. The van der Waals surface area contributed by atoms with Crippen LogP contribution in [0, 0.1) is 11.8 Å². The van der Waals surface area contributed by atoms with E-state index in [1.807, 2.05) is 11.0 Å². The van der Waals surface area contributed by atoms with Crippen molar-refractivity contribution in [1.29, 1.82) is 0 Å². The van der Waals surface area contributed by atoms with Gasteiger partial charge in [-0.2, -0.15) is 0 Å². The van der Waals surface area contributed by atoms with Gasteiger partial charge in [-0.1, -0.05) is 30.3 Å². The lowest BCUT2D eigenvalue weighted by molar-refractivity contribution is 0.0778. The Morgan fingerprint density at radius 1 is 1.04 bits per heavy atom. The Kier molecular flexibility index (Phi) is 4.62. The third-order valence-corrected chi connectivity index (χ3v) is 8.15. The number of rotatable bonds is 4. The van der Waals surface area contributed by atoms with Crippen LogP contribution in [0.5, 0.6) is 0 Å². The van der Waals surface area contributed by atoms with E-state index >= 15 is 0 Å². The molecule has 5 nitrogen and oxygen atoms in total. The van der Waals surface area contributed by atoms with Crippen molar-refractivity contribution in [1.82, 2.24) is 9.80 Å². The van der Waals surface area contributed by atoms with Crippen LogP contribution in [0.15, 0.2) is 46.7 Å². The SMILES string of the molecule is CS(=O)(=O)c1ccc(C(=O)N2C[C@H]3CN(Cc4ccccc4)C[C@H]3C2)s1. The van der Waals surface area contributed by atoms with Gasteiger partial charge in [0.15, 0.2) is 9.84 Å². The number of amides is 1. The third kappa shape index (κ3) is 3.56. The zero-order valence-electron chi connectivity index (χ0n) is 14.7. The average molecular weight is 391 g/mol. The first-order valence-electron chi connectivity index (χ1n) is 8.75. The first-order chi connectivity index (χ1) is 12.4. The van der Waals surface area contributed by atoms with Crippen molar-refractivity contribution in [2.75, 3.05) is 32.4 Å². The maximum absolute atomic E-state index is 12.7. The lowest BCUT2D eigenvalue weighted by Crippen LogP contribution is -2.32. The molecule has 2 fully saturated rings. The highest BCUT2D eigenvalue weighted by atomic mass is 32.2. The summed E-state index contributed by atoms with van der Waals surface area (Å²) in [6.07, 6.45) is 1.18. The van der Waals surface area contributed by atoms with Gasteiger partial charge in [0, 0.05) is 39.0 Å². The van der Waals surface area contributed by atoms with Gasteiger partial charge in [0.1, 0.15) is 4.21 Å². The summed E-state index contributed by atoms with van der Waals surface area (Å²) in [7, 11) is -3.25. The van der Waals surface area contributed by atoms with Gasteiger partial charge in [0.05, 0.1) is 4.88 Å². The summed E-state index contributed by atoms with van der Waals surface area (Å²) in [4.78, 5) is 17.6. The largest absolute Gasteiger partial charge is 0.337 e. The first-order valence-corrected chi connectivity index (χ1v) is 11.5. The predicted molar refractivity (Wildman–Crippen MR) is 102 cm³/mol. The molecule has 2 atom stereocenters. The van der Waals surface area contributed by atoms with Crippen molar-refractivity contribution in [2.24, 2.45) is 11.8 Å². The molecule has 3 heterocycles. The van der Waals surface area contributed by atoms with Crippen LogP contribution in [0.3, 0.4) is 0 Å². The Morgan fingerprint density at radius 3 is 2.27 bits per heavy atom. The molecule has 2 saturated heterocycles. The van der Waals surface area contributed by atoms with Gasteiger partial charge in [-0.05, 0) is 29.5 Å². The van der Waals surface area contributed by atoms with Crippen molar-refractivity contribution < 1.29 is 13.2 Å². The van der Waals surface area contributed by atoms with E-state index in [-0.39, 0.29) is 10.1 Å². The number of benzene rings is 1. The zero-order chi connectivity index (χ0) is 18.3. The van der Waals surface area contributed by atoms with Gasteiger partial charge in [-0.25, -0.2) is 8.42 Å². The maximum Gasteiger partial charge on any atom is 0.263 e. The van der Waals surface area contributed by atoms with Crippen LogP contribution in [0.2, 0.25) is 0 Å². The van der Waals surface area contributed by atoms with Gasteiger partial charge < -0.3 is 4.90 Å². The second kappa shape index (κ2) is 6.79. The molecule has 0 aliphatic carbocycles. The highest BCUT2D eigenvalue weighted by Gasteiger charge is 2.41. The predicted octanol–water partition coefficient (Wildman–Crippen LogP) is 2.36. The van der Waals surface area contributed by atoms with E-state index in [0.717, 1.165) is 44.1 Å². The van der Waals surface area contributed by atoms with Crippen LogP contribution < -0.4 is 0 Å². The lowest BCUT2D eigenvalue weighted by atomic mass is 10.0. The molecule has 26 heavy (non-hydrogen) atoms. The number of carbonyl (C=O) groups excluding carboxylic acids is 1. The number of thiophene rings is 1. The Bertz CT molecular complexity index is 894. The normalized spacial score (nSPS) is 23.3. The van der Waals surface area contributed by atoms with Gasteiger partial charge in [0.2, 0.25) is 0 Å². The number of fused-ring (bicyclic) bond motifs is 1. The molecule has 2 aliphatic heterocycles. The summed E-state index contributed by atoms with van der Waals surface area (Å²) in [5, 5.41) is 0. The van der Waals surface area contributed by atoms with Crippen molar-refractivity contribution in [2.45, 2.75) is 10.8 Å². The number of hydrogen-bond donors (Lipinski definition) is 0. The van der Waals surface area contributed by atoms with Crippen LogP contribution in [0.25, 0.3) is 0 Å². The Morgan fingerprint density at radius 2 is 1.69 bits per heavy atom. The van der Waals surface area contributed by atoms with Gasteiger partial charge in [0.25, 0.3) is 5.91 Å². The molecular weight excluding hydrogens is 368 g/mol. The molecule has 0 saturated carbocycles. The van der Waals surface area contributed by atoms with Crippen molar-refractivity contribution in [3.05, 3.63) is 52.9 Å². The molecule has 0 unspecified atom stereocenters. The number of sulfone groups is 1. The van der Waals surface area contributed by atoms with Crippen LogP contribution in [0.4, 0.5) is 0 Å². The lowest BCUT2D eigenvalue weighted by Gasteiger charge is -2.21. The van der Waals surface area contributed by atoms with E-state index in [0.29, 0.717) is 16.7 Å². The van der Waals surface area contributed by atoms with E-state index in [2.05, 4.69) is 29.2 Å². The zero-order valence-corrected chi connectivity index (χ0v) is 16.3. The van der Waals surface area contributed by atoms with E-state index in [4.69, 9.17) is 0 Å². The summed E-state index contributed by atoms with van der Waals surface area (Å²) in [6.45, 7) is 4.52. The molecule has 2 aromatic rings. The molecule has 0 radical (unpaired) electrons. The minimum Gasteiger partial charge on any atom is -0.337 e. The van der Waals surface area contributed by atoms with E-state index in [1.165, 1.54) is 17.9 Å². The maximum atomic E-state index is 12.7. The fourth-order valence-corrected chi connectivity index (χ4v) is 5.91. The number of carbonyl (C=O) groups is 1. The van der Waals surface area contributed by atoms with Crippen molar-refractivity contribution in [3.63, 3.8) is 0 Å². The fourth-order valence-electron chi connectivity index (χ4n) is 4.02. The second-order valence-corrected chi connectivity index (χ2v) is 10.6. The molecule has 1 aromatic carbocycles. The standard InChI is InChI=1S/C19H22N2O3S2/c1-26(23,24)18-8-7-17(25-18)19(22)21-12-15-10-20(11-16(15)13-21)9-14-5-3-2-4-6-14/h2-8,15-16H,9-13H2,1H3/t15-,16+. The highest BCUT2D eigenvalue weighted by molar-refractivity contribution is 7.92. The summed E-state index contributed by atoms with van der Waals surface area (Å²) in [6, 6.07) is 13.6. The first kappa shape index (κ1) is 17.7. The molecule has 0 bridgehead atoms. The summed E-state index contributed by atoms with van der Waals surface area (Å²) in [5.41, 5.74) is 1.33. The van der Waals surface area contributed by atoms with Crippen LogP contribution in [-0.2, 0) is 16.4 Å². The molecule has 4 rings (SSSR count). The smallest absolute Gasteiger partial charge is 0.263 e. The number of hydrogen-bond acceptors (Lipinski definition) is 5. The van der Waals surface area contributed by atoms with Gasteiger partial charge in [-0.3, -0.25) is 9.69 Å². The highest BCUT2D eigenvalue weighted by Crippen LogP contribution is 2.33. The van der Waals surface area contributed by atoms with E-state index in [1.54, 1.807) is 6.07 Å². The van der Waals surface area contributed by atoms with Crippen molar-refractivity contribution in [3.8, 4) is 0 Å². The topological polar surface area (TPSA) is 57.7 Å². The van der Waals surface area contributed by atoms with E-state index in [9.17, 15) is 13.2 Å². The Labute approximate surface area is 158 Å². The minimum absolute atomic E-state index is 0.0334. The quantitative estimate of drug-likeness (QED) is 0.804. The monoisotopic (exact) mass is 390 g/mol. The third-order valence-electron chi connectivity index (χ3n) is 5.26. The Balaban J connectivity index is 1.37. The molecule has 1 amide bonds. The van der Waals surface area contributed by atoms with Crippen molar-refractivity contribution >= 4 is 27.1 Å². The van der Waals surface area contributed by atoms with Crippen LogP contribution in [0.1, 0.15) is 15.2 Å². The Hall–Kier alpha value is -1.70. The molecule has 0 N–H and O–H groups in total. The van der Waals surface area contributed by atoms with Crippen LogP contribution in [-0.4, -0.2) is 56.6 Å². The summed E-state index contributed by atoms with van der Waals surface area (Å²) >= 11 is 1.08. The molecule has 0 spiro atoms. The molecule has 2 aliphatic rings. The van der Waals surface area contributed by atoms with E-state index < -0.39 is 9.84 Å². The fraction of sp³-hybridized carbons (Fsp3) is 0.421. The summed E-state index contributed by atoms with van der Waals surface area (Å²) < 4.78 is 23.5. The second-order valence-electron chi connectivity index (χ2n) is 7.30. The van der Waals surface area contributed by atoms with Gasteiger partial charge in [-0.15, -0.1) is 11.3 Å². The molecule has 138 valence electrons. The molecular formula is C19H22N2O3S2. The van der Waals surface area contributed by atoms with Gasteiger partial charge >= 0.3 is 0 Å². The minimum atomic E-state index is -3.25. The number of likely N-dealkylation sites (tertiary alicyclic amines) is 2. The number of nitrogens with zero attached hydrogens (tertiary/aromatic N) is 2. The molecule has 7 heteroatoms. The van der Waals surface area contributed by atoms with Crippen LogP contribution >= 0.6 is 11.3 Å².